The number of aryl methyl sites for hydroxylation is 1. The zero-order chi connectivity index (χ0) is 22.2. The highest BCUT2D eigenvalue weighted by atomic mass is 16.5. The summed E-state index contributed by atoms with van der Waals surface area (Å²) in [5, 5.41) is 3.19. The molecular formula is C22H26N6O3. The zero-order valence-corrected chi connectivity index (χ0v) is 17.7. The van der Waals surface area contributed by atoms with Crippen LogP contribution < -0.4 is 31.4 Å². The number of ether oxygens (including phenoxy) is 2. The Morgan fingerprint density at radius 1 is 1.00 bits per heavy atom. The molecule has 0 radical (unpaired) electrons. The maximum atomic E-state index is 12.3. The molecular weight excluding hydrogens is 396 g/mol. The number of hydrogen-bond donors (Lipinski definition) is 4. The second-order valence-electron chi connectivity index (χ2n) is 6.80. The summed E-state index contributed by atoms with van der Waals surface area (Å²) in [5.74, 6) is 1.85. The zero-order valence-electron chi connectivity index (χ0n) is 17.7. The van der Waals surface area contributed by atoms with Crippen LogP contribution in [0.25, 0.3) is 0 Å². The van der Waals surface area contributed by atoms with Crippen molar-refractivity contribution in [3.8, 4) is 11.5 Å². The quantitative estimate of drug-likeness (QED) is 0.388. The predicted octanol–water partition coefficient (Wildman–Crippen LogP) is 2.80. The lowest BCUT2D eigenvalue weighted by atomic mass is 10.1. The van der Waals surface area contributed by atoms with Crippen molar-refractivity contribution in [1.82, 2.24) is 15.4 Å². The third kappa shape index (κ3) is 5.53. The number of aromatic nitrogens is 2. The Bertz CT molecular complexity index is 1040. The Kier molecular flexibility index (Phi) is 7.10. The van der Waals surface area contributed by atoms with Crippen LogP contribution in [-0.2, 0) is 6.42 Å². The number of rotatable bonds is 9. The molecule has 5 N–H and O–H groups in total. The van der Waals surface area contributed by atoms with Gasteiger partial charge in [0.2, 0.25) is 0 Å². The van der Waals surface area contributed by atoms with Crippen molar-refractivity contribution in [2.45, 2.75) is 13.3 Å². The number of nitrogens with zero attached hydrogens (tertiary/aromatic N) is 2. The van der Waals surface area contributed by atoms with Gasteiger partial charge in [-0.05, 0) is 43.2 Å². The van der Waals surface area contributed by atoms with E-state index in [4.69, 9.17) is 15.2 Å². The lowest BCUT2D eigenvalue weighted by Gasteiger charge is -2.14. The van der Waals surface area contributed by atoms with Crippen LogP contribution in [0, 0.1) is 6.92 Å². The molecule has 0 bridgehead atoms. The minimum atomic E-state index is -0.291. The molecule has 0 aliphatic rings. The molecule has 3 aromatic rings. The first-order valence-electron chi connectivity index (χ1n) is 9.70. The minimum absolute atomic E-state index is 0.291. The van der Waals surface area contributed by atoms with Crippen molar-refractivity contribution in [1.29, 1.82) is 0 Å². The molecule has 0 aliphatic carbocycles. The van der Waals surface area contributed by atoms with E-state index in [-0.39, 0.29) is 5.91 Å². The molecule has 3 rings (SSSR count). The molecule has 31 heavy (non-hydrogen) atoms. The monoisotopic (exact) mass is 422 g/mol. The fourth-order valence-corrected chi connectivity index (χ4v) is 2.89. The molecule has 2 aromatic carbocycles. The standard InChI is InChI=1S/C22H26N6O3/c1-14-4-7-16(8-5-14)22(29)28-27-21-19(23)20(25-13-26-21)24-11-10-15-6-9-17(30-2)18(12-15)31-3/h4-9,12-13H,10-11,23H2,1-3H3,(H,28,29)(H2,24,25,26,27). The van der Waals surface area contributed by atoms with E-state index >= 15 is 0 Å². The normalized spacial score (nSPS) is 10.3. The number of carbonyl (C=O) groups is 1. The molecule has 0 fully saturated rings. The maximum Gasteiger partial charge on any atom is 0.269 e. The molecule has 0 spiro atoms. The van der Waals surface area contributed by atoms with E-state index in [0.29, 0.717) is 40.9 Å². The average Bonchev–Trinajstić information content (AvgIpc) is 2.79. The van der Waals surface area contributed by atoms with Gasteiger partial charge < -0.3 is 20.5 Å². The van der Waals surface area contributed by atoms with Crippen molar-refractivity contribution in [2.75, 3.05) is 37.2 Å². The SMILES string of the molecule is COc1ccc(CCNc2ncnc(NNC(=O)c3ccc(C)cc3)c2N)cc1OC. The molecule has 9 nitrogen and oxygen atoms in total. The molecule has 9 heteroatoms. The van der Waals surface area contributed by atoms with E-state index in [2.05, 4.69) is 26.1 Å². The van der Waals surface area contributed by atoms with Crippen LogP contribution in [0.2, 0.25) is 0 Å². The summed E-state index contributed by atoms with van der Waals surface area (Å²) >= 11 is 0. The summed E-state index contributed by atoms with van der Waals surface area (Å²) < 4.78 is 10.6. The highest BCUT2D eigenvalue weighted by Gasteiger charge is 2.10. The van der Waals surface area contributed by atoms with E-state index < -0.39 is 0 Å². The Hall–Kier alpha value is -4.01. The summed E-state index contributed by atoms with van der Waals surface area (Å²) in [6, 6.07) is 13.0. The predicted molar refractivity (Wildman–Crippen MR) is 120 cm³/mol. The molecule has 1 heterocycles. The Morgan fingerprint density at radius 3 is 2.42 bits per heavy atom. The van der Waals surface area contributed by atoms with Gasteiger partial charge in [0.1, 0.15) is 12.0 Å². The maximum absolute atomic E-state index is 12.3. The van der Waals surface area contributed by atoms with Crippen molar-refractivity contribution < 1.29 is 14.3 Å². The van der Waals surface area contributed by atoms with E-state index in [1.165, 1.54) is 6.33 Å². The van der Waals surface area contributed by atoms with Crippen molar-refractivity contribution >= 4 is 23.2 Å². The third-order valence-corrected chi connectivity index (χ3v) is 4.65. The number of anilines is 3. The molecule has 0 aliphatic heterocycles. The van der Waals surface area contributed by atoms with Crippen molar-refractivity contribution in [2.24, 2.45) is 0 Å². The number of amides is 1. The van der Waals surface area contributed by atoms with Gasteiger partial charge in [0, 0.05) is 12.1 Å². The fourth-order valence-electron chi connectivity index (χ4n) is 2.89. The molecule has 0 saturated heterocycles. The second kappa shape index (κ2) is 10.1. The first kappa shape index (κ1) is 21.7. The summed E-state index contributed by atoms with van der Waals surface area (Å²) in [5.41, 5.74) is 14.5. The Balaban J connectivity index is 1.58. The van der Waals surface area contributed by atoms with Gasteiger partial charge in [0.15, 0.2) is 23.1 Å². The molecule has 1 amide bonds. The van der Waals surface area contributed by atoms with Crippen LogP contribution in [-0.4, -0.2) is 36.6 Å². The highest BCUT2D eigenvalue weighted by Crippen LogP contribution is 2.28. The average molecular weight is 422 g/mol. The van der Waals surface area contributed by atoms with Crippen LogP contribution in [0.4, 0.5) is 17.3 Å². The van der Waals surface area contributed by atoms with Crippen LogP contribution >= 0.6 is 0 Å². The number of methoxy groups -OCH3 is 2. The molecule has 1 aromatic heterocycles. The number of hydrazine groups is 1. The van der Waals surface area contributed by atoms with Gasteiger partial charge in [-0.25, -0.2) is 9.97 Å². The first-order chi connectivity index (χ1) is 15.0. The van der Waals surface area contributed by atoms with Gasteiger partial charge in [-0.15, -0.1) is 0 Å². The van der Waals surface area contributed by atoms with Gasteiger partial charge >= 0.3 is 0 Å². The second-order valence-corrected chi connectivity index (χ2v) is 6.80. The Labute approximate surface area is 181 Å². The van der Waals surface area contributed by atoms with Crippen LogP contribution in [0.15, 0.2) is 48.8 Å². The molecule has 0 unspecified atom stereocenters. The van der Waals surface area contributed by atoms with Crippen LogP contribution in [0.3, 0.4) is 0 Å². The lowest BCUT2D eigenvalue weighted by Crippen LogP contribution is -2.30. The number of nitrogens with one attached hydrogen (secondary N) is 3. The smallest absolute Gasteiger partial charge is 0.269 e. The molecule has 162 valence electrons. The van der Waals surface area contributed by atoms with Gasteiger partial charge in [-0.3, -0.25) is 15.6 Å². The fraction of sp³-hybridized carbons (Fsp3) is 0.227. The van der Waals surface area contributed by atoms with Gasteiger partial charge in [0.05, 0.1) is 14.2 Å². The van der Waals surface area contributed by atoms with Crippen molar-refractivity contribution in [3.63, 3.8) is 0 Å². The van der Waals surface area contributed by atoms with Crippen LogP contribution in [0.5, 0.6) is 11.5 Å². The number of nitrogens with two attached hydrogens (primary N) is 1. The minimum Gasteiger partial charge on any atom is -0.493 e. The van der Waals surface area contributed by atoms with E-state index in [1.807, 2.05) is 37.3 Å². The molecule has 0 atom stereocenters. The topological polar surface area (TPSA) is 123 Å². The summed E-state index contributed by atoms with van der Waals surface area (Å²) in [6.45, 7) is 2.55. The number of hydrogen-bond acceptors (Lipinski definition) is 8. The van der Waals surface area contributed by atoms with Gasteiger partial charge in [-0.2, -0.15) is 0 Å². The van der Waals surface area contributed by atoms with Gasteiger partial charge in [0.25, 0.3) is 5.91 Å². The summed E-state index contributed by atoms with van der Waals surface area (Å²) in [4.78, 5) is 20.5. The Morgan fingerprint density at radius 2 is 1.71 bits per heavy atom. The summed E-state index contributed by atoms with van der Waals surface area (Å²) in [7, 11) is 3.21. The largest absolute Gasteiger partial charge is 0.493 e. The lowest BCUT2D eigenvalue weighted by molar-refractivity contribution is 0.0962. The number of benzene rings is 2. The van der Waals surface area contributed by atoms with Gasteiger partial charge in [-0.1, -0.05) is 23.8 Å². The van der Waals surface area contributed by atoms with Crippen molar-refractivity contribution in [3.05, 3.63) is 65.5 Å². The van der Waals surface area contributed by atoms with E-state index in [9.17, 15) is 4.79 Å². The number of nitrogen functional groups attached to an aromatic ring is 1. The summed E-state index contributed by atoms with van der Waals surface area (Å²) in [6.07, 6.45) is 2.09. The third-order valence-electron chi connectivity index (χ3n) is 4.65. The van der Waals surface area contributed by atoms with E-state index in [0.717, 1.165) is 17.5 Å². The number of carbonyl (C=O) groups excluding carboxylic acids is 1. The highest BCUT2D eigenvalue weighted by molar-refractivity contribution is 5.95. The van der Waals surface area contributed by atoms with Crippen LogP contribution in [0.1, 0.15) is 21.5 Å². The molecule has 0 saturated carbocycles. The van der Waals surface area contributed by atoms with E-state index in [1.54, 1.807) is 26.4 Å². The first-order valence-corrected chi connectivity index (χ1v) is 9.70.